The van der Waals surface area contributed by atoms with Gasteiger partial charge in [0.2, 0.25) is 0 Å². The number of carbonyl (C=O) groups is 4. The number of ketones is 1. The molecule has 2 heterocycles. The van der Waals surface area contributed by atoms with Crippen molar-refractivity contribution in [3.05, 3.63) is 57.8 Å². The maximum absolute atomic E-state index is 12.4. The average molecular weight is 371 g/mol. The summed E-state index contributed by atoms with van der Waals surface area (Å²) in [5.74, 6) is -1.65. The highest BCUT2D eigenvalue weighted by atomic mass is 32.1. The van der Waals surface area contributed by atoms with Gasteiger partial charge >= 0.3 is 5.97 Å². The zero-order chi connectivity index (χ0) is 18.7. The Bertz CT molecular complexity index is 824. The zero-order valence-electron chi connectivity index (χ0n) is 14.1. The second-order valence-corrected chi connectivity index (χ2v) is 6.82. The predicted octanol–water partition coefficient (Wildman–Crippen LogP) is 2.94. The van der Waals surface area contributed by atoms with Crippen molar-refractivity contribution in [2.24, 2.45) is 0 Å². The van der Waals surface area contributed by atoms with Crippen LogP contribution in [0.4, 0.5) is 0 Å². The van der Waals surface area contributed by atoms with Crippen LogP contribution in [0.25, 0.3) is 0 Å². The lowest BCUT2D eigenvalue weighted by molar-refractivity contribution is -0.147. The van der Waals surface area contributed by atoms with Crippen molar-refractivity contribution in [3.8, 4) is 0 Å². The third-order valence-electron chi connectivity index (χ3n) is 4.14. The van der Waals surface area contributed by atoms with Crippen molar-refractivity contribution in [1.29, 1.82) is 0 Å². The van der Waals surface area contributed by atoms with E-state index in [2.05, 4.69) is 0 Å². The van der Waals surface area contributed by atoms with Crippen molar-refractivity contribution in [1.82, 2.24) is 4.90 Å². The van der Waals surface area contributed by atoms with E-state index in [-0.39, 0.29) is 18.8 Å². The van der Waals surface area contributed by atoms with Gasteiger partial charge in [-0.15, -0.1) is 11.3 Å². The molecule has 0 N–H and O–H groups in total. The molecule has 0 radical (unpaired) electrons. The quantitative estimate of drug-likeness (QED) is 0.323. The third-order valence-corrected chi connectivity index (χ3v) is 5.05. The molecule has 134 valence electrons. The topological polar surface area (TPSA) is 80.8 Å². The zero-order valence-corrected chi connectivity index (χ0v) is 15.0. The second kappa shape index (κ2) is 7.61. The van der Waals surface area contributed by atoms with Gasteiger partial charge in [0.05, 0.1) is 22.6 Å². The van der Waals surface area contributed by atoms with Crippen LogP contribution in [0.15, 0.2) is 41.8 Å². The number of ether oxygens (including phenoxy) is 1. The summed E-state index contributed by atoms with van der Waals surface area (Å²) in [5, 5.41) is 1.83. The van der Waals surface area contributed by atoms with E-state index < -0.39 is 23.8 Å². The van der Waals surface area contributed by atoms with Gasteiger partial charge in [-0.05, 0) is 36.9 Å². The average Bonchev–Trinajstić information content (AvgIpc) is 3.26. The minimum Gasteiger partial charge on any atom is -0.464 e. The lowest BCUT2D eigenvalue weighted by Gasteiger charge is -2.20. The fourth-order valence-corrected chi connectivity index (χ4v) is 3.45. The number of thiophene rings is 1. The van der Waals surface area contributed by atoms with Gasteiger partial charge in [-0.3, -0.25) is 19.3 Å². The molecule has 0 unspecified atom stereocenters. The number of imide groups is 1. The lowest BCUT2D eigenvalue weighted by atomic mass is 10.1. The Morgan fingerprint density at radius 1 is 1.08 bits per heavy atom. The molecule has 1 aliphatic heterocycles. The van der Waals surface area contributed by atoms with Gasteiger partial charge in [0.1, 0.15) is 6.04 Å². The summed E-state index contributed by atoms with van der Waals surface area (Å²) in [6.07, 6.45) is 0.659. The number of hydrogen-bond acceptors (Lipinski definition) is 6. The molecule has 1 aromatic heterocycles. The fraction of sp³-hybridized carbons (Fsp3) is 0.263. The summed E-state index contributed by atoms with van der Waals surface area (Å²) in [6.45, 7) is 1.52. The van der Waals surface area contributed by atoms with E-state index in [1.54, 1.807) is 30.3 Å². The number of nitrogens with zero attached hydrogens (tertiary/aromatic N) is 1. The van der Waals surface area contributed by atoms with E-state index in [0.29, 0.717) is 22.4 Å². The number of Topliss-reactive ketones (excluding diaryl/α,β-unsaturated/α-hetero) is 1. The first kappa shape index (κ1) is 18.0. The molecule has 0 saturated heterocycles. The predicted molar refractivity (Wildman–Crippen MR) is 95.2 cm³/mol. The van der Waals surface area contributed by atoms with E-state index in [4.69, 9.17) is 4.74 Å². The molecule has 1 atom stereocenters. The highest BCUT2D eigenvalue weighted by Crippen LogP contribution is 2.24. The van der Waals surface area contributed by atoms with Crippen LogP contribution in [0.5, 0.6) is 0 Å². The molecule has 6 nitrogen and oxygen atoms in total. The molecule has 1 aliphatic rings. The van der Waals surface area contributed by atoms with E-state index in [0.717, 1.165) is 4.90 Å². The van der Waals surface area contributed by atoms with E-state index in [1.807, 2.05) is 11.4 Å². The smallest absolute Gasteiger partial charge is 0.329 e. The Hall–Kier alpha value is -2.80. The molecule has 1 aromatic carbocycles. The van der Waals surface area contributed by atoms with Crippen LogP contribution >= 0.6 is 11.3 Å². The Morgan fingerprint density at radius 3 is 2.31 bits per heavy atom. The number of rotatable bonds is 7. The van der Waals surface area contributed by atoms with Crippen molar-refractivity contribution in [2.45, 2.75) is 25.8 Å². The first-order chi connectivity index (χ1) is 12.5. The second-order valence-electron chi connectivity index (χ2n) is 5.87. The van der Waals surface area contributed by atoms with Crippen LogP contribution in [0.1, 0.15) is 50.2 Å². The summed E-state index contributed by atoms with van der Waals surface area (Å²) >= 11 is 1.37. The Labute approximate surface area is 154 Å². The molecule has 0 aliphatic carbocycles. The number of esters is 1. The molecule has 26 heavy (non-hydrogen) atoms. The standard InChI is InChI=1S/C19H17NO5S/c1-12(20-17(22)13-6-2-3-7-14(13)18(20)23)19(24)25-10-4-8-15(21)16-9-5-11-26-16/h2-3,5-7,9,11-12H,4,8,10H2,1H3/t12-/m1/s1. The molecule has 0 fully saturated rings. The maximum Gasteiger partial charge on any atom is 0.329 e. The summed E-state index contributed by atoms with van der Waals surface area (Å²) in [6, 6.07) is 9.00. The number of carbonyl (C=O) groups excluding carboxylic acids is 4. The van der Waals surface area contributed by atoms with Gasteiger partial charge in [-0.2, -0.15) is 0 Å². The molecule has 0 bridgehead atoms. The number of fused-ring (bicyclic) bond motifs is 1. The highest BCUT2D eigenvalue weighted by Gasteiger charge is 2.41. The summed E-state index contributed by atoms with van der Waals surface area (Å²) in [5.41, 5.74) is 0.581. The minimum absolute atomic E-state index is 0.00412. The largest absolute Gasteiger partial charge is 0.464 e. The van der Waals surface area contributed by atoms with Crippen LogP contribution in [0.3, 0.4) is 0 Å². The van der Waals surface area contributed by atoms with Crippen molar-refractivity contribution >= 4 is 34.9 Å². The number of amides is 2. The van der Waals surface area contributed by atoms with E-state index in [1.165, 1.54) is 18.3 Å². The summed E-state index contributed by atoms with van der Waals surface area (Å²) in [7, 11) is 0. The van der Waals surface area contributed by atoms with Crippen LogP contribution in [-0.4, -0.2) is 41.1 Å². The molecule has 3 rings (SSSR count). The van der Waals surface area contributed by atoms with Crippen LogP contribution in [0.2, 0.25) is 0 Å². The highest BCUT2D eigenvalue weighted by molar-refractivity contribution is 7.12. The third kappa shape index (κ3) is 3.43. The molecular weight excluding hydrogens is 354 g/mol. The van der Waals surface area contributed by atoms with Gasteiger partial charge < -0.3 is 4.74 Å². The molecule has 0 saturated carbocycles. The van der Waals surface area contributed by atoms with Crippen molar-refractivity contribution in [3.63, 3.8) is 0 Å². The number of benzene rings is 1. The molecule has 7 heteroatoms. The number of hydrogen-bond donors (Lipinski definition) is 0. The van der Waals surface area contributed by atoms with Gasteiger partial charge in [0, 0.05) is 6.42 Å². The minimum atomic E-state index is -1.02. The van der Waals surface area contributed by atoms with Crippen LogP contribution in [0, 0.1) is 0 Å². The Balaban J connectivity index is 1.52. The molecule has 2 aromatic rings. The molecule has 2 amide bonds. The van der Waals surface area contributed by atoms with Gasteiger partial charge in [-0.1, -0.05) is 18.2 Å². The first-order valence-electron chi connectivity index (χ1n) is 8.21. The SMILES string of the molecule is C[C@H](C(=O)OCCCC(=O)c1cccs1)N1C(=O)c2ccccc2C1=O. The molecule has 0 spiro atoms. The summed E-state index contributed by atoms with van der Waals surface area (Å²) in [4.78, 5) is 50.4. The van der Waals surface area contributed by atoms with Gasteiger partial charge in [-0.25, -0.2) is 4.79 Å². The Kier molecular flexibility index (Phi) is 5.27. The normalized spacial score (nSPS) is 14.3. The van der Waals surface area contributed by atoms with E-state index >= 15 is 0 Å². The van der Waals surface area contributed by atoms with Crippen molar-refractivity contribution < 1.29 is 23.9 Å². The fourth-order valence-electron chi connectivity index (χ4n) is 2.75. The maximum atomic E-state index is 12.4. The van der Waals surface area contributed by atoms with Gasteiger partial charge in [0.15, 0.2) is 5.78 Å². The van der Waals surface area contributed by atoms with Crippen molar-refractivity contribution in [2.75, 3.05) is 6.61 Å². The monoisotopic (exact) mass is 371 g/mol. The first-order valence-corrected chi connectivity index (χ1v) is 9.09. The summed E-state index contributed by atoms with van der Waals surface area (Å²) < 4.78 is 5.15. The van der Waals surface area contributed by atoms with Crippen LogP contribution < -0.4 is 0 Å². The molecular formula is C19H17NO5S. The van der Waals surface area contributed by atoms with Gasteiger partial charge in [0.25, 0.3) is 11.8 Å². The lowest BCUT2D eigenvalue weighted by Crippen LogP contribution is -2.43. The van der Waals surface area contributed by atoms with E-state index in [9.17, 15) is 19.2 Å². The van der Waals surface area contributed by atoms with Crippen LogP contribution in [-0.2, 0) is 9.53 Å². The Morgan fingerprint density at radius 2 is 1.73 bits per heavy atom.